The molecule has 0 fully saturated rings. The van der Waals surface area contributed by atoms with Crippen LogP contribution in [0.2, 0.25) is 0 Å². The minimum Gasteiger partial charge on any atom is -0.464 e. The Bertz CT molecular complexity index is 1140. The van der Waals surface area contributed by atoms with E-state index in [1.165, 1.54) is 24.6 Å². The number of aromatic nitrogens is 2. The molecule has 0 aliphatic carbocycles. The van der Waals surface area contributed by atoms with E-state index in [0.29, 0.717) is 4.83 Å². The summed E-state index contributed by atoms with van der Waals surface area (Å²) < 4.78 is 12.4. The SMILES string of the molecule is CC(=O)OCCn1c(=O)c2cc(C(=O)OCc3ccccc3)sc2n(C)c1=O. The molecule has 1 aromatic carbocycles. The number of ether oxygens (including phenoxy) is 2. The number of benzene rings is 1. The number of carbonyl (C=O) groups excluding carboxylic acids is 2. The molecular formula is C19H18N2O6S. The van der Waals surface area contributed by atoms with Gasteiger partial charge in [-0.05, 0) is 11.6 Å². The van der Waals surface area contributed by atoms with Crippen LogP contribution < -0.4 is 11.2 Å². The molecule has 0 saturated carbocycles. The maximum Gasteiger partial charge on any atom is 0.348 e. The molecule has 9 heteroatoms. The summed E-state index contributed by atoms with van der Waals surface area (Å²) in [5, 5.41) is 0.238. The lowest BCUT2D eigenvalue weighted by molar-refractivity contribution is -0.141. The fraction of sp³-hybridized carbons (Fsp3) is 0.263. The van der Waals surface area contributed by atoms with E-state index in [1.54, 1.807) is 0 Å². The van der Waals surface area contributed by atoms with Gasteiger partial charge in [0.15, 0.2) is 0 Å². The van der Waals surface area contributed by atoms with Gasteiger partial charge in [0.25, 0.3) is 5.56 Å². The van der Waals surface area contributed by atoms with Crippen molar-refractivity contribution in [2.45, 2.75) is 20.1 Å². The quantitative estimate of drug-likeness (QED) is 0.582. The molecule has 0 unspecified atom stereocenters. The first-order valence-corrected chi connectivity index (χ1v) is 9.28. The lowest BCUT2D eigenvalue weighted by Crippen LogP contribution is -2.39. The Labute approximate surface area is 163 Å². The highest BCUT2D eigenvalue weighted by Crippen LogP contribution is 2.22. The van der Waals surface area contributed by atoms with Crippen LogP contribution in [-0.2, 0) is 34.5 Å². The molecule has 3 rings (SSSR count). The lowest BCUT2D eigenvalue weighted by atomic mass is 10.2. The third kappa shape index (κ3) is 4.04. The van der Waals surface area contributed by atoms with E-state index in [0.717, 1.165) is 21.5 Å². The highest BCUT2D eigenvalue weighted by Gasteiger charge is 2.18. The number of rotatable bonds is 6. The lowest BCUT2D eigenvalue weighted by Gasteiger charge is -2.08. The number of fused-ring (bicyclic) bond motifs is 1. The van der Waals surface area contributed by atoms with E-state index in [1.807, 2.05) is 30.3 Å². The first-order valence-electron chi connectivity index (χ1n) is 8.46. The molecule has 8 nitrogen and oxygen atoms in total. The summed E-state index contributed by atoms with van der Waals surface area (Å²) in [7, 11) is 1.52. The zero-order chi connectivity index (χ0) is 20.3. The predicted molar refractivity (Wildman–Crippen MR) is 104 cm³/mol. The Morgan fingerprint density at radius 2 is 1.82 bits per heavy atom. The highest BCUT2D eigenvalue weighted by atomic mass is 32.1. The standard InChI is InChI=1S/C19H18N2O6S/c1-12(22)26-9-8-21-16(23)14-10-15(28-17(14)20(2)19(21)25)18(24)27-11-13-6-4-3-5-7-13/h3-7,10H,8-9,11H2,1-2H3. The largest absolute Gasteiger partial charge is 0.464 e. The Morgan fingerprint density at radius 1 is 1.11 bits per heavy atom. The van der Waals surface area contributed by atoms with E-state index in [9.17, 15) is 19.2 Å². The van der Waals surface area contributed by atoms with E-state index in [4.69, 9.17) is 9.47 Å². The number of esters is 2. The summed E-state index contributed by atoms with van der Waals surface area (Å²) in [6.45, 7) is 1.20. The monoisotopic (exact) mass is 402 g/mol. The Morgan fingerprint density at radius 3 is 2.50 bits per heavy atom. The molecule has 0 aliphatic rings. The van der Waals surface area contributed by atoms with Crippen LogP contribution in [0.4, 0.5) is 0 Å². The average Bonchev–Trinajstić information content (AvgIpc) is 3.13. The summed E-state index contributed by atoms with van der Waals surface area (Å²) >= 11 is 1.02. The third-order valence-corrected chi connectivity index (χ3v) is 5.24. The van der Waals surface area contributed by atoms with Gasteiger partial charge in [0.2, 0.25) is 0 Å². The van der Waals surface area contributed by atoms with Crippen LogP contribution >= 0.6 is 11.3 Å². The van der Waals surface area contributed by atoms with Gasteiger partial charge in [-0.15, -0.1) is 11.3 Å². The molecule has 2 aromatic heterocycles. The maximum absolute atomic E-state index is 12.7. The van der Waals surface area contributed by atoms with Crippen LogP contribution in [0.5, 0.6) is 0 Å². The van der Waals surface area contributed by atoms with Crippen molar-refractivity contribution < 1.29 is 19.1 Å². The summed E-state index contributed by atoms with van der Waals surface area (Å²) in [5.41, 5.74) is -0.239. The van der Waals surface area contributed by atoms with Gasteiger partial charge in [-0.3, -0.25) is 18.7 Å². The topological polar surface area (TPSA) is 96.6 Å². The minimum absolute atomic E-state index is 0.0648. The maximum atomic E-state index is 12.7. The molecule has 0 amide bonds. The zero-order valence-corrected chi connectivity index (χ0v) is 16.2. The average molecular weight is 402 g/mol. The summed E-state index contributed by atoms with van der Waals surface area (Å²) in [4.78, 5) is 49.0. The van der Waals surface area contributed by atoms with Crippen LogP contribution in [0.3, 0.4) is 0 Å². The number of nitrogens with zero attached hydrogens (tertiary/aromatic N) is 2. The van der Waals surface area contributed by atoms with Crippen LogP contribution in [-0.4, -0.2) is 27.7 Å². The van der Waals surface area contributed by atoms with E-state index in [-0.39, 0.29) is 30.0 Å². The summed E-state index contributed by atoms with van der Waals surface area (Å²) in [6.07, 6.45) is 0. The zero-order valence-electron chi connectivity index (χ0n) is 15.3. The van der Waals surface area contributed by atoms with Gasteiger partial charge in [-0.25, -0.2) is 9.59 Å². The summed E-state index contributed by atoms with van der Waals surface area (Å²) in [6, 6.07) is 10.7. The second-order valence-corrected chi connectivity index (χ2v) is 7.06. The van der Waals surface area contributed by atoms with Crippen molar-refractivity contribution in [2.75, 3.05) is 6.61 Å². The first kappa shape index (κ1) is 19.6. The van der Waals surface area contributed by atoms with E-state index < -0.39 is 23.2 Å². The van der Waals surface area contributed by atoms with Crippen molar-refractivity contribution in [1.82, 2.24) is 9.13 Å². The second kappa shape index (κ2) is 8.22. The van der Waals surface area contributed by atoms with Crippen molar-refractivity contribution in [1.29, 1.82) is 0 Å². The smallest absolute Gasteiger partial charge is 0.348 e. The highest BCUT2D eigenvalue weighted by molar-refractivity contribution is 7.20. The number of carbonyl (C=O) groups is 2. The summed E-state index contributed by atoms with van der Waals surface area (Å²) in [5.74, 6) is -1.06. The normalized spacial score (nSPS) is 10.8. The molecule has 0 aliphatic heterocycles. The van der Waals surface area contributed by atoms with Gasteiger partial charge in [0.05, 0.1) is 11.9 Å². The minimum atomic E-state index is -0.566. The molecule has 28 heavy (non-hydrogen) atoms. The fourth-order valence-corrected chi connectivity index (χ4v) is 3.66. The molecule has 0 radical (unpaired) electrons. The number of hydrogen-bond donors (Lipinski definition) is 0. The second-order valence-electron chi connectivity index (χ2n) is 6.03. The molecule has 0 N–H and O–H groups in total. The van der Waals surface area contributed by atoms with Gasteiger partial charge in [0.1, 0.15) is 22.9 Å². The van der Waals surface area contributed by atoms with Crippen LogP contribution in [0.1, 0.15) is 22.2 Å². The molecule has 3 aromatic rings. The fourth-order valence-electron chi connectivity index (χ4n) is 2.66. The van der Waals surface area contributed by atoms with E-state index >= 15 is 0 Å². The van der Waals surface area contributed by atoms with E-state index in [2.05, 4.69) is 0 Å². The van der Waals surface area contributed by atoms with Gasteiger partial charge in [0, 0.05) is 14.0 Å². The van der Waals surface area contributed by atoms with Crippen molar-refractivity contribution >= 4 is 33.5 Å². The molecule has 0 bridgehead atoms. The Kier molecular flexibility index (Phi) is 5.74. The first-order chi connectivity index (χ1) is 13.4. The van der Waals surface area contributed by atoms with Crippen molar-refractivity contribution in [2.24, 2.45) is 7.05 Å². The molecule has 2 heterocycles. The van der Waals surface area contributed by atoms with Crippen molar-refractivity contribution in [3.05, 3.63) is 67.7 Å². The van der Waals surface area contributed by atoms with Gasteiger partial charge in [-0.2, -0.15) is 0 Å². The molecule has 0 saturated heterocycles. The Hall–Kier alpha value is -3.20. The molecule has 0 atom stereocenters. The van der Waals surface area contributed by atoms with Gasteiger partial charge < -0.3 is 9.47 Å². The van der Waals surface area contributed by atoms with Crippen LogP contribution in [0.25, 0.3) is 10.2 Å². The predicted octanol–water partition coefficient (Wildman–Crippen LogP) is 1.68. The number of aryl methyl sites for hydroxylation is 1. The number of hydrogen-bond acceptors (Lipinski definition) is 7. The van der Waals surface area contributed by atoms with Gasteiger partial charge in [-0.1, -0.05) is 30.3 Å². The molecular weight excluding hydrogens is 384 g/mol. The molecule has 146 valence electrons. The van der Waals surface area contributed by atoms with Crippen molar-refractivity contribution in [3.8, 4) is 0 Å². The third-order valence-electron chi connectivity index (χ3n) is 4.04. The van der Waals surface area contributed by atoms with Crippen molar-refractivity contribution in [3.63, 3.8) is 0 Å². The number of thiophene rings is 1. The Balaban J connectivity index is 1.88. The van der Waals surface area contributed by atoms with Gasteiger partial charge >= 0.3 is 17.6 Å². The van der Waals surface area contributed by atoms with Crippen LogP contribution in [0, 0.1) is 0 Å². The van der Waals surface area contributed by atoms with Crippen LogP contribution in [0.15, 0.2) is 46.0 Å². The molecule has 0 spiro atoms.